The van der Waals surface area contributed by atoms with Crippen molar-refractivity contribution in [2.75, 3.05) is 6.61 Å². The van der Waals surface area contributed by atoms with Crippen LogP contribution in [0.3, 0.4) is 0 Å². The molecule has 2 nitrogen and oxygen atoms in total. The van der Waals surface area contributed by atoms with Gasteiger partial charge in [0.25, 0.3) is 0 Å². The lowest BCUT2D eigenvalue weighted by molar-refractivity contribution is -0.150. The highest BCUT2D eigenvalue weighted by molar-refractivity contribution is 6.42. The number of ketones is 1. The molecule has 4 heteroatoms. The largest absolute Gasteiger partial charge is 0.367 e. The van der Waals surface area contributed by atoms with Crippen LogP contribution in [-0.2, 0) is 16.0 Å². The highest BCUT2D eigenvalue weighted by Crippen LogP contribution is 2.37. The number of rotatable bonds is 5. The Hall–Kier alpha value is -0.570. The standard InChI is InChI=1S/C17H22Cl2O2/c1-3-21-17(9-5-6-12(2)11-17)15(20)10-13-7-4-8-14(18)16(13)19/h4,7-8,12H,3,5-6,9-11H2,1-2H3. The number of benzene rings is 1. The summed E-state index contributed by atoms with van der Waals surface area (Å²) in [4.78, 5) is 12.9. The minimum absolute atomic E-state index is 0.125. The van der Waals surface area contributed by atoms with Gasteiger partial charge in [0.1, 0.15) is 5.60 Å². The Kier molecular flexibility index (Phi) is 5.70. The molecule has 2 rings (SSSR count). The number of ether oxygens (including phenoxy) is 1. The van der Waals surface area contributed by atoms with Crippen molar-refractivity contribution in [3.8, 4) is 0 Å². The molecular formula is C17H22Cl2O2. The van der Waals surface area contributed by atoms with Crippen LogP contribution in [-0.4, -0.2) is 18.0 Å². The van der Waals surface area contributed by atoms with Gasteiger partial charge in [-0.3, -0.25) is 4.79 Å². The molecule has 0 N–H and O–H groups in total. The zero-order valence-electron chi connectivity index (χ0n) is 12.6. The quantitative estimate of drug-likeness (QED) is 0.752. The SMILES string of the molecule is CCOC1(C(=O)Cc2cccc(Cl)c2Cl)CCCC(C)C1. The van der Waals surface area contributed by atoms with E-state index in [1.807, 2.05) is 19.1 Å². The molecule has 0 amide bonds. The van der Waals surface area contributed by atoms with Crippen molar-refractivity contribution in [2.24, 2.45) is 5.92 Å². The number of hydrogen-bond donors (Lipinski definition) is 0. The number of halogens is 2. The zero-order chi connectivity index (χ0) is 15.5. The van der Waals surface area contributed by atoms with Crippen molar-refractivity contribution in [3.63, 3.8) is 0 Å². The summed E-state index contributed by atoms with van der Waals surface area (Å²) in [6.07, 6.45) is 4.10. The molecule has 1 aliphatic carbocycles. The van der Waals surface area contributed by atoms with E-state index in [0.717, 1.165) is 24.8 Å². The van der Waals surface area contributed by atoms with Crippen molar-refractivity contribution in [3.05, 3.63) is 33.8 Å². The molecule has 2 unspecified atom stereocenters. The fraction of sp³-hybridized carbons (Fsp3) is 0.588. The number of Topliss-reactive ketones (excluding diaryl/α,β-unsaturated/α-hetero) is 1. The molecule has 0 saturated heterocycles. The van der Waals surface area contributed by atoms with E-state index in [1.54, 1.807) is 6.07 Å². The van der Waals surface area contributed by atoms with Crippen LogP contribution >= 0.6 is 23.2 Å². The Morgan fingerprint density at radius 3 is 2.86 bits per heavy atom. The molecule has 0 radical (unpaired) electrons. The predicted molar refractivity (Wildman–Crippen MR) is 87.2 cm³/mol. The molecule has 21 heavy (non-hydrogen) atoms. The van der Waals surface area contributed by atoms with Gasteiger partial charge in [-0.1, -0.05) is 48.7 Å². The van der Waals surface area contributed by atoms with Crippen LogP contribution in [0.25, 0.3) is 0 Å². The normalized spacial score (nSPS) is 25.8. The molecule has 1 aromatic rings. The third-order valence-electron chi connectivity index (χ3n) is 4.27. The van der Waals surface area contributed by atoms with Gasteiger partial charge in [0.15, 0.2) is 5.78 Å². The number of hydrogen-bond acceptors (Lipinski definition) is 2. The molecule has 0 aromatic heterocycles. The second kappa shape index (κ2) is 7.13. The summed E-state index contributed by atoms with van der Waals surface area (Å²) in [6, 6.07) is 5.42. The molecule has 116 valence electrons. The maximum atomic E-state index is 12.9. The lowest BCUT2D eigenvalue weighted by Gasteiger charge is -2.38. The highest BCUT2D eigenvalue weighted by atomic mass is 35.5. The monoisotopic (exact) mass is 328 g/mol. The maximum Gasteiger partial charge on any atom is 0.169 e. The minimum atomic E-state index is -0.641. The van der Waals surface area contributed by atoms with E-state index in [-0.39, 0.29) is 12.2 Å². The molecular weight excluding hydrogens is 307 g/mol. The van der Waals surface area contributed by atoms with Crippen molar-refractivity contribution >= 4 is 29.0 Å². The van der Waals surface area contributed by atoms with E-state index in [0.29, 0.717) is 22.6 Å². The molecule has 1 saturated carbocycles. The van der Waals surface area contributed by atoms with E-state index < -0.39 is 5.60 Å². The summed E-state index contributed by atoms with van der Waals surface area (Å²) < 4.78 is 5.92. The van der Waals surface area contributed by atoms with Crippen LogP contribution in [0.1, 0.15) is 45.1 Å². The lowest BCUT2D eigenvalue weighted by Crippen LogP contribution is -2.46. The van der Waals surface area contributed by atoms with Gasteiger partial charge < -0.3 is 4.74 Å². The fourth-order valence-corrected chi connectivity index (χ4v) is 3.65. The molecule has 0 spiro atoms. The van der Waals surface area contributed by atoms with Crippen LogP contribution in [0, 0.1) is 5.92 Å². The fourth-order valence-electron chi connectivity index (χ4n) is 3.26. The molecule has 0 aliphatic heterocycles. The Balaban J connectivity index is 2.21. The van der Waals surface area contributed by atoms with Gasteiger partial charge in [-0.2, -0.15) is 0 Å². The molecule has 2 atom stereocenters. The van der Waals surface area contributed by atoms with Crippen molar-refractivity contribution in [2.45, 2.75) is 51.6 Å². The third kappa shape index (κ3) is 3.80. The van der Waals surface area contributed by atoms with Gasteiger partial charge >= 0.3 is 0 Å². The maximum absolute atomic E-state index is 12.9. The third-order valence-corrected chi connectivity index (χ3v) is 5.13. The van der Waals surface area contributed by atoms with Gasteiger partial charge in [0.2, 0.25) is 0 Å². The van der Waals surface area contributed by atoms with Crippen LogP contribution in [0.4, 0.5) is 0 Å². The molecule has 1 aliphatic rings. The zero-order valence-corrected chi connectivity index (χ0v) is 14.1. The Labute approximate surface area is 136 Å². The summed E-state index contributed by atoms with van der Waals surface area (Å²) in [5, 5.41) is 0.965. The summed E-state index contributed by atoms with van der Waals surface area (Å²) >= 11 is 12.2. The van der Waals surface area contributed by atoms with E-state index in [9.17, 15) is 4.79 Å². The number of carbonyl (C=O) groups is 1. The van der Waals surface area contributed by atoms with Crippen LogP contribution < -0.4 is 0 Å². The van der Waals surface area contributed by atoms with E-state index in [1.165, 1.54) is 6.42 Å². The smallest absolute Gasteiger partial charge is 0.169 e. The highest BCUT2D eigenvalue weighted by Gasteiger charge is 2.42. The average Bonchev–Trinajstić information content (AvgIpc) is 2.44. The van der Waals surface area contributed by atoms with Crippen molar-refractivity contribution in [1.29, 1.82) is 0 Å². The van der Waals surface area contributed by atoms with Gasteiger partial charge in [-0.15, -0.1) is 0 Å². The van der Waals surface area contributed by atoms with E-state index in [4.69, 9.17) is 27.9 Å². The first-order chi connectivity index (χ1) is 9.98. The summed E-state index contributed by atoms with van der Waals surface area (Å²) in [5.74, 6) is 0.643. The topological polar surface area (TPSA) is 26.3 Å². The molecule has 1 aromatic carbocycles. The van der Waals surface area contributed by atoms with Gasteiger partial charge in [-0.25, -0.2) is 0 Å². The molecule has 0 heterocycles. The second-order valence-electron chi connectivity index (χ2n) is 5.94. The second-order valence-corrected chi connectivity index (χ2v) is 6.73. The molecule has 1 fully saturated rings. The van der Waals surface area contributed by atoms with Gasteiger partial charge in [0, 0.05) is 13.0 Å². The first kappa shape index (κ1) is 16.8. The van der Waals surface area contributed by atoms with E-state index in [2.05, 4.69) is 6.92 Å². The van der Waals surface area contributed by atoms with Gasteiger partial charge in [0.05, 0.1) is 10.0 Å². The van der Waals surface area contributed by atoms with Crippen LogP contribution in [0.2, 0.25) is 10.0 Å². The number of carbonyl (C=O) groups excluding carboxylic acids is 1. The lowest BCUT2D eigenvalue weighted by atomic mass is 9.75. The Bertz CT molecular complexity index is 512. The summed E-state index contributed by atoms with van der Waals surface area (Å²) in [5.41, 5.74) is 0.143. The molecule has 0 bridgehead atoms. The van der Waals surface area contributed by atoms with E-state index >= 15 is 0 Å². The minimum Gasteiger partial charge on any atom is -0.367 e. The van der Waals surface area contributed by atoms with Crippen molar-refractivity contribution < 1.29 is 9.53 Å². The predicted octanol–water partition coefficient (Wildman–Crippen LogP) is 5.09. The first-order valence-corrected chi connectivity index (χ1v) is 8.34. The summed E-state index contributed by atoms with van der Waals surface area (Å²) in [7, 11) is 0. The van der Waals surface area contributed by atoms with Crippen LogP contribution in [0.5, 0.6) is 0 Å². The Morgan fingerprint density at radius 2 is 2.19 bits per heavy atom. The summed E-state index contributed by atoms with van der Waals surface area (Å²) in [6.45, 7) is 4.69. The van der Waals surface area contributed by atoms with Crippen molar-refractivity contribution in [1.82, 2.24) is 0 Å². The first-order valence-electron chi connectivity index (χ1n) is 7.58. The van der Waals surface area contributed by atoms with Crippen LogP contribution in [0.15, 0.2) is 18.2 Å². The van der Waals surface area contributed by atoms with Gasteiger partial charge in [-0.05, 0) is 43.7 Å². The Morgan fingerprint density at radius 1 is 1.43 bits per heavy atom. The average molecular weight is 329 g/mol.